The van der Waals surface area contributed by atoms with Crippen LogP contribution in [0.4, 0.5) is 0 Å². The monoisotopic (exact) mass is 220 g/mol. The summed E-state index contributed by atoms with van der Waals surface area (Å²) in [6.45, 7) is 8.39. The van der Waals surface area contributed by atoms with Crippen LogP contribution in [-0.4, -0.2) is 38.1 Å². The molecule has 0 aliphatic carbocycles. The van der Waals surface area contributed by atoms with Gasteiger partial charge in [0, 0.05) is 20.3 Å². The third-order valence-corrected chi connectivity index (χ3v) is 1.69. The van der Waals surface area contributed by atoms with Gasteiger partial charge in [0.05, 0.1) is 12.7 Å². The number of hydrogen-bond acceptors (Lipinski definition) is 3. The van der Waals surface area contributed by atoms with E-state index in [9.17, 15) is 0 Å². The molecule has 1 unspecified atom stereocenters. The molecule has 15 heavy (non-hydrogen) atoms. The van der Waals surface area contributed by atoms with Crippen molar-refractivity contribution in [2.24, 2.45) is 0 Å². The highest BCUT2D eigenvalue weighted by Crippen LogP contribution is 1.91. The average Bonchev–Trinajstić information content (AvgIpc) is 2.18. The second-order valence-corrected chi connectivity index (χ2v) is 3.62. The molecule has 3 nitrogen and oxygen atoms in total. The molecule has 94 valence electrons. The Morgan fingerprint density at radius 1 is 1.07 bits per heavy atom. The van der Waals surface area contributed by atoms with Gasteiger partial charge >= 0.3 is 0 Å². The van der Waals surface area contributed by atoms with Gasteiger partial charge in [0.2, 0.25) is 0 Å². The molecule has 0 aromatic heterocycles. The lowest BCUT2D eigenvalue weighted by molar-refractivity contribution is 0.0765. The van der Waals surface area contributed by atoms with Gasteiger partial charge in [-0.05, 0) is 19.8 Å². The Morgan fingerprint density at radius 3 is 1.73 bits per heavy atom. The van der Waals surface area contributed by atoms with E-state index in [2.05, 4.69) is 18.6 Å². The van der Waals surface area contributed by atoms with E-state index >= 15 is 0 Å². The van der Waals surface area contributed by atoms with Crippen LogP contribution >= 0.6 is 0 Å². The van der Waals surface area contributed by atoms with Crippen molar-refractivity contribution in [2.45, 2.75) is 52.6 Å². The molecule has 0 saturated carbocycles. The summed E-state index contributed by atoms with van der Waals surface area (Å²) in [7, 11) is 1.56. The largest absolute Gasteiger partial charge is 0.391 e. The van der Waals surface area contributed by atoms with E-state index in [0.717, 1.165) is 13.2 Å². The van der Waals surface area contributed by atoms with Gasteiger partial charge in [-0.3, -0.25) is 0 Å². The molecule has 1 N–H and O–H groups in total. The highest BCUT2D eigenvalue weighted by Gasteiger charge is 1.87. The lowest BCUT2D eigenvalue weighted by Crippen LogP contribution is -2.07. The molecular formula is C12H28O3. The quantitative estimate of drug-likeness (QED) is 0.639. The minimum Gasteiger partial charge on any atom is -0.391 e. The molecule has 0 aliphatic rings. The van der Waals surface area contributed by atoms with E-state index in [1.54, 1.807) is 14.0 Å². The Hall–Kier alpha value is -0.120. The van der Waals surface area contributed by atoms with Gasteiger partial charge in [-0.15, -0.1) is 0 Å². The Labute approximate surface area is 94.8 Å². The van der Waals surface area contributed by atoms with Gasteiger partial charge in [0.1, 0.15) is 0 Å². The molecule has 0 saturated heterocycles. The van der Waals surface area contributed by atoms with Crippen molar-refractivity contribution >= 4 is 0 Å². The lowest BCUT2D eigenvalue weighted by atomic mass is 10.3. The van der Waals surface area contributed by atoms with Crippen molar-refractivity contribution in [2.75, 3.05) is 26.9 Å². The maximum Gasteiger partial charge on any atom is 0.0745 e. The van der Waals surface area contributed by atoms with Crippen LogP contribution in [-0.2, 0) is 9.47 Å². The predicted octanol–water partition coefficient (Wildman–Crippen LogP) is 2.62. The molecule has 1 atom stereocenters. The van der Waals surface area contributed by atoms with Gasteiger partial charge in [0.15, 0.2) is 0 Å². The highest BCUT2D eigenvalue weighted by molar-refractivity contribution is 4.37. The van der Waals surface area contributed by atoms with Crippen LogP contribution in [0.1, 0.15) is 46.5 Å². The third kappa shape index (κ3) is 24.8. The molecule has 0 fully saturated rings. The van der Waals surface area contributed by atoms with Gasteiger partial charge in [0.25, 0.3) is 0 Å². The summed E-state index contributed by atoms with van der Waals surface area (Å²) in [6.07, 6.45) is 4.58. The van der Waals surface area contributed by atoms with E-state index in [0.29, 0.717) is 6.61 Å². The van der Waals surface area contributed by atoms with Crippen molar-refractivity contribution < 1.29 is 14.6 Å². The predicted molar refractivity (Wildman–Crippen MR) is 64.2 cm³/mol. The average molecular weight is 220 g/mol. The standard InChI is InChI=1S/C8H18O.C4H10O2/c1-3-5-7-9-8-6-4-2;1-4(5)3-6-2/h3-8H2,1-2H3;4-5H,3H2,1-2H3. The summed E-state index contributed by atoms with van der Waals surface area (Å²) < 4.78 is 9.87. The maximum atomic E-state index is 8.43. The first kappa shape index (κ1) is 17.3. The minimum atomic E-state index is -0.324. The number of aliphatic hydroxyl groups excluding tert-OH is 1. The zero-order chi connectivity index (χ0) is 11.9. The smallest absolute Gasteiger partial charge is 0.0745 e. The topological polar surface area (TPSA) is 38.7 Å². The zero-order valence-electron chi connectivity index (χ0n) is 10.8. The Morgan fingerprint density at radius 2 is 1.53 bits per heavy atom. The first-order valence-electron chi connectivity index (χ1n) is 5.93. The number of hydrogen-bond donors (Lipinski definition) is 1. The molecule has 0 amide bonds. The highest BCUT2D eigenvalue weighted by atomic mass is 16.5. The molecule has 3 heteroatoms. The van der Waals surface area contributed by atoms with Crippen LogP contribution in [0.3, 0.4) is 0 Å². The van der Waals surface area contributed by atoms with Crippen molar-refractivity contribution in [3.8, 4) is 0 Å². The molecule has 0 rings (SSSR count). The van der Waals surface area contributed by atoms with Crippen LogP contribution in [0.15, 0.2) is 0 Å². The summed E-state index contributed by atoms with van der Waals surface area (Å²) in [5, 5.41) is 8.43. The second kappa shape index (κ2) is 16.3. The molecule has 0 aromatic rings. The van der Waals surface area contributed by atoms with Gasteiger partial charge < -0.3 is 14.6 Å². The molecule has 0 radical (unpaired) electrons. The summed E-state index contributed by atoms with van der Waals surface area (Å²) in [5.41, 5.74) is 0. The van der Waals surface area contributed by atoms with E-state index in [4.69, 9.17) is 9.84 Å². The zero-order valence-corrected chi connectivity index (χ0v) is 10.8. The number of aliphatic hydroxyl groups is 1. The minimum absolute atomic E-state index is 0.324. The van der Waals surface area contributed by atoms with Gasteiger partial charge in [-0.25, -0.2) is 0 Å². The number of unbranched alkanes of at least 4 members (excludes halogenated alkanes) is 2. The van der Waals surface area contributed by atoms with Crippen LogP contribution in [0.2, 0.25) is 0 Å². The van der Waals surface area contributed by atoms with Crippen molar-refractivity contribution in [1.82, 2.24) is 0 Å². The van der Waals surface area contributed by atoms with E-state index < -0.39 is 0 Å². The maximum absolute atomic E-state index is 8.43. The Balaban J connectivity index is 0. The third-order valence-electron chi connectivity index (χ3n) is 1.69. The summed E-state index contributed by atoms with van der Waals surface area (Å²) in [6, 6.07) is 0. The Kier molecular flexibility index (Phi) is 18.8. The number of methoxy groups -OCH3 is 1. The van der Waals surface area contributed by atoms with E-state index in [1.165, 1.54) is 25.7 Å². The normalized spacial score (nSPS) is 11.8. The number of ether oxygens (including phenoxy) is 2. The number of rotatable bonds is 8. The fourth-order valence-electron chi connectivity index (χ4n) is 0.836. The fourth-order valence-corrected chi connectivity index (χ4v) is 0.836. The van der Waals surface area contributed by atoms with Crippen LogP contribution in [0.25, 0.3) is 0 Å². The van der Waals surface area contributed by atoms with Gasteiger partial charge in [-0.1, -0.05) is 26.7 Å². The molecule has 0 aromatic carbocycles. The SMILES string of the molecule is CCCCOCCCC.COCC(C)O. The summed E-state index contributed by atoms with van der Waals surface area (Å²) >= 11 is 0. The van der Waals surface area contributed by atoms with E-state index in [1.807, 2.05) is 0 Å². The van der Waals surface area contributed by atoms with Crippen LogP contribution < -0.4 is 0 Å². The molecular weight excluding hydrogens is 192 g/mol. The van der Waals surface area contributed by atoms with Crippen LogP contribution in [0, 0.1) is 0 Å². The lowest BCUT2D eigenvalue weighted by Gasteiger charge is -1.99. The fraction of sp³-hybridized carbons (Fsp3) is 1.00. The van der Waals surface area contributed by atoms with Crippen LogP contribution in [0.5, 0.6) is 0 Å². The first-order chi connectivity index (χ1) is 7.18. The second-order valence-electron chi connectivity index (χ2n) is 3.62. The summed E-state index contributed by atoms with van der Waals surface area (Å²) in [5.74, 6) is 0. The van der Waals surface area contributed by atoms with E-state index in [-0.39, 0.29) is 6.10 Å². The molecule has 0 spiro atoms. The Bertz CT molecular complexity index is 88.9. The van der Waals surface area contributed by atoms with Crippen molar-refractivity contribution in [1.29, 1.82) is 0 Å². The first-order valence-corrected chi connectivity index (χ1v) is 5.93. The van der Waals surface area contributed by atoms with Crippen molar-refractivity contribution in [3.63, 3.8) is 0 Å². The van der Waals surface area contributed by atoms with Crippen molar-refractivity contribution in [3.05, 3.63) is 0 Å². The molecule has 0 aliphatic heterocycles. The molecule has 0 bridgehead atoms. The van der Waals surface area contributed by atoms with Gasteiger partial charge in [-0.2, -0.15) is 0 Å². The summed E-state index contributed by atoms with van der Waals surface area (Å²) in [4.78, 5) is 0. The molecule has 0 heterocycles.